The topological polar surface area (TPSA) is 56.7 Å². The Labute approximate surface area is 309 Å². The zero-order valence-electron chi connectivity index (χ0n) is 35.2. The van der Waals surface area contributed by atoms with Crippen molar-refractivity contribution in [2.75, 3.05) is 0 Å². The van der Waals surface area contributed by atoms with Gasteiger partial charge in [-0.3, -0.25) is 0 Å². The standard InChI is InChI=1S/C47H28N4O/c1-3-13-29(14-4-1)45-48-46(30-15-5-2-6-16-30)50-47(49-45)40-28-39-35-20-10-12-22-43(35)52-44(39)36-24-23-33(27-37(36)40)51-41-21-11-9-19-34(41)38-25-31-17-7-8-18-32(31)26-42(38)51/h1-28H/i10D,12D,20D,22D,23D,24D,27D,28D. The van der Waals surface area contributed by atoms with Gasteiger partial charge in [0.15, 0.2) is 17.5 Å². The fourth-order valence-electron chi connectivity index (χ4n) is 7.15. The molecule has 0 N–H and O–H groups in total. The highest BCUT2D eigenvalue weighted by Crippen LogP contribution is 2.42. The first-order valence-electron chi connectivity index (χ1n) is 20.8. The van der Waals surface area contributed by atoms with E-state index in [1.807, 2.05) is 120 Å². The summed E-state index contributed by atoms with van der Waals surface area (Å²) in [6, 6.07) is 35.4. The van der Waals surface area contributed by atoms with Gasteiger partial charge in [0.05, 0.1) is 22.0 Å². The Hall–Kier alpha value is -7.11. The predicted octanol–water partition coefficient (Wildman–Crippen LogP) is 12.2. The maximum atomic E-state index is 10.2. The largest absolute Gasteiger partial charge is 0.455 e. The van der Waals surface area contributed by atoms with E-state index in [2.05, 4.69) is 6.07 Å². The van der Waals surface area contributed by atoms with Crippen molar-refractivity contribution in [1.82, 2.24) is 19.5 Å². The van der Waals surface area contributed by atoms with Crippen LogP contribution >= 0.6 is 0 Å². The summed E-state index contributed by atoms with van der Waals surface area (Å²) in [5, 5.41) is 3.72. The molecule has 0 unspecified atom stereocenters. The Kier molecular flexibility index (Phi) is 4.71. The van der Waals surface area contributed by atoms with Crippen LogP contribution in [0.15, 0.2) is 174 Å². The molecule has 0 bridgehead atoms. The van der Waals surface area contributed by atoms with Crippen molar-refractivity contribution < 1.29 is 15.4 Å². The van der Waals surface area contributed by atoms with Gasteiger partial charge in [0.1, 0.15) is 11.2 Å². The molecular weight excluding hydrogens is 637 g/mol. The maximum absolute atomic E-state index is 10.2. The Morgan fingerprint density at radius 1 is 0.481 bits per heavy atom. The molecule has 0 aliphatic rings. The number of aromatic nitrogens is 4. The molecule has 8 aromatic carbocycles. The Morgan fingerprint density at radius 3 is 1.90 bits per heavy atom. The normalized spacial score (nSPS) is 14.0. The molecule has 3 heterocycles. The van der Waals surface area contributed by atoms with Crippen LogP contribution in [-0.2, 0) is 0 Å². The molecule has 0 fully saturated rings. The second-order valence-corrected chi connectivity index (χ2v) is 12.6. The van der Waals surface area contributed by atoms with Crippen molar-refractivity contribution in [3.8, 4) is 39.9 Å². The molecule has 11 rings (SSSR count). The first kappa shape index (κ1) is 21.9. The lowest BCUT2D eigenvalue weighted by atomic mass is 9.98. The van der Waals surface area contributed by atoms with Crippen molar-refractivity contribution in [2.45, 2.75) is 0 Å². The van der Waals surface area contributed by atoms with Crippen LogP contribution in [0.2, 0.25) is 0 Å². The lowest BCUT2D eigenvalue weighted by Gasteiger charge is -2.14. The molecule has 0 radical (unpaired) electrons. The fraction of sp³-hybridized carbons (Fsp3) is 0. The van der Waals surface area contributed by atoms with E-state index in [1.54, 1.807) is 0 Å². The van der Waals surface area contributed by atoms with Crippen molar-refractivity contribution in [1.29, 1.82) is 0 Å². The summed E-state index contributed by atoms with van der Waals surface area (Å²) in [7, 11) is 0. The minimum atomic E-state index is -0.519. The third-order valence-corrected chi connectivity index (χ3v) is 9.55. The molecular formula is C47H28N4O. The van der Waals surface area contributed by atoms with Crippen LogP contribution in [0.4, 0.5) is 0 Å². The van der Waals surface area contributed by atoms with E-state index in [-0.39, 0.29) is 85.6 Å². The number of rotatable bonds is 4. The van der Waals surface area contributed by atoms with E-state index in [9.17, 15) is 5.48 Å². The first-order valence-corrected chi connectivity index (χ1v) is 16.8. The minimum Gasteiger partial charge on any atom is -0.455 e. The number of fused-ring (bicyclic) bond motifs is 9. The summed E-state index contributed by atoms with van der Waals surface area (Å²) >= 11 is 0. The fourth-order valence-corrected chi connectivity index (χ4v) is 7.15. The van der Waals surface area contributed by atoms with E-state index in [4.69, 9.17) is 24.9 Å². The summed E-state index contributed by atoms with van der Waals surface area (Å²) in [6.45, 7) is 0. The van der Waals surface area contributed by atoms with Crippen LogP contribution in [0.1, 0.15) is 11.0 Å². The molecule has 3 aromatic heterocycles. The summed E-state index contributed by atoms with van der Waals surface area (Å²) < 4.78 is 82.5. The molecule has 5 heteroatoms. The molecule has 0 amide bonds. The van der Waals surface area contributed by atoms with E-state index >= 15 is 0 Å². The van der Waals surface area contributed by atoms with E-state index in [1.165, 1.54) is 0 Å². The molecule has 0 saturated carbocycles. The summed E-state index contributed by atoms with van der Waals surface area (Å²) in [6.07, 6.45) is 0. The van der Waals surface area contributed by atoms with Gasteiger partial charge in [0.25, 0.3) is 0 Å². The number of hydrogen-bond donors (Lipinski definition) is 0. The zero-order valence-corrected chi connectivity index (χ0v) is 27.2. The Bertz CT molecular complexity index is 3590. The SMILES string of the molecule is [2H]c1c([2H])c([2H])c2c(oc3c4c([2H])c([2H])c(-n5c6ccccc6c6cc7ccccc7cc65)c([2H])c4c(-c4nc(-c5ccccc5)nc(-c5ccccc5)n4)c([2H])c32)c1[2H]. The van der Waals surface area contributed by atoms with Crippen LogP contribution in [0.5, 0.6) is 0 Å². The number of nitrogens with zero attached hydrogens (tertiary/aromatic N) is 4. The quantitative estimate of drug-likeness (QED) is 0.187. The summed E-state index contributed by atoms with van der Waals surface area (Å²) in [5.74, 6) is 0.574. The van der Waals surface area contributed by atoms with Crippen molar-refractivity contribution in [2.24, 2.45) is 0 Å². The monoisotopic (exact) mass is 672 g/mol. The van der Waals surface area contributed by atoms with Gasteiger partial charge in [0.2, 0.25) is 0 Å². The van der Waals surface area contributed by atoms with Crippen molar-refractivity contribution in [3.05, 3.63) is 170 Å². The van der Waals surface area contributed by atoms with Gasteiger partial charge in [-0.15, -0.1) is 0 Å². The molecule has 5 nitrogen and oxygen atoms in total. The van der Waals surface area contributed by atoms with Crippen molar-refractivity contribution >= 4 is 65.3 Å². The molecule has 0 aliphatic carbocycles. The van der Waals surface area contributed by atoms with E-state index in [0.717, 1.165) is 27.1 Å². The van der Waals surface area contributed by atoms with Crippen LogP contribution in [-0.4, -0.2) is 19.5 Å². The molecule has 242 valence electrons. The average molecular weight is 673 g/mol. The Balaban J connectivity index is 1.36. The minimum absolute atomic E-state index is 0.000380. The molecule has 52 heavy (non-hydrogen) atoms. The summed E-state index contributed by atoms with van der Waals surface area (Å²) in [5.41, 5.74) is 2.56. The molecule has 0 saturated heterocycles. The van der Waals surface area contributed by atoms with Crippen LogP contribution < -0.4 is 0 Å². The highest BCUT2D eigenvalue weighted by molar-refractivity contribution is 6.19. The number of hydrogen-bond acceptors (Lipinski definition) is 4. The molecule has 0 aliphatic heterocycles. The van der Waals surface area contributed by atoms with Gasteiger partial charge in [-0.05, 0) is 64.6 Å². The van der Waals surface area contributed by atoms with Gasteiger partial charge in [-0.25, -0.2) is 15.0 Å². The smallest absolute Gasteiger partial charge is 0.164 e. The van der Waals surface area contributed by atoms with Gasteiger partial charge in [-0.1, -0.05) is 121 Å². The van der Waals surface area contributed by atoms with E-state index in [0.29, 0.717) is 16.6 Å². The van der Waals surface area contributed by atoms with Gasteiger partial charge < -0.3 is 8.98 Å². The highest BCUT2D eigenvalue weighted by Gasteiger charge is 2.21. The van der Waals surface area contributed by atoms with E-state index < -0.39 is 24.2 Å². The molecule has 11 aromatic rings. The number of para-hydroxylation sites is 2. The molecule has 0 spiro atoms. The summed E-state index contributed by atoms with van der Waals surface area (Å²) in [4.78, 5) is 14.7. The first-order chi connectivity index (χ1) is 29.1. The molecule has 0 atom stereocenters. The van der Waals surface area contributed by atoms with Crippen molar-refractivity contribution in [3.63, 3.8) is 0 Å². The van der Waals surface area contributed by atoms with Crippen LogP contribution in [0, 0.1) is 0 Å². The zero-order chi connectivity index (χ0) is 41.1. The van der Waals surface area contributed by atoms with Gasteiger partial charge >= 0.3 is 0 Å². The average Bonchev–Trinajstić information content (AvgIpc) is 3.83. The van der Waals surface area contributed by atoms with Gasteiger partial charge in [0, 0.05) is 49.3 Å². The lowest BCUT2D eigenvalue weighted by Crippen LogP contribution is -2.01. The van der Waals surface area contributed by atoms with Crippen LogP contribution in [0.25, 0.3) is 105 Å². The second-order valence-electron chi connectivity index (χ2n) is 12.6. The lowest BCUT2D eigenvalue weighted by molar-refractivity contribution is 0.672. The number of furan rings is 1. The Morgan fingerprint density at radius 2 is 1.13 bits per heavy atom. The maximum Gasteiger partial charge on any atom is 0.164 e. The van der Waals surface area contributed by atoms with Crippen LogP contribution in [0.3, 0.4) is 0 Å². The van der Waals surface area contributed by atoms with Gasteiger partial charge in [-0.2, -0.15) is 0 Å². The number of benzene rings is 8. The third kappa shape index (κ3) is 4.39. The predicted molar refractivity (Wildman–Crippen MR) is 213 cm³/mol. The third-order valence-electron chi connectivity index (χ3n) is 9.55. The highest BCUT2D eigenvalue weighted by atomic mass is 16.3. The second kappa shape index (κ2) is 11.2.